The normalized spacial score (nSPS) is 10.5. The Bertz CT molecular complexity index is 875. The van der Waals surface area contributed by atoms with Crippen molar-refractivity contribution in [2.75, 3.05) is 27.3 Å². The van der Waals surface area contributed by atoms with Crippen LogP contribution in [0.3, 0.4) is 0 Å². The molecule has 1 amide bonds. The minimum atomic E-state index is 0.0257. The number of ether oxygens (including phenoxy) is 2. The fourth-order valence-electron chi connectivity index (χ4n) is 2.66. The summed E-state index contributed by atoms with van der Waals surface area (Å²) >= 11 is 0. The first-order valence-electron chi connectivity index (χ1n) is 9.16. The van der Waals surface area contributed by atoms with E-state index in [0.717, 1.165) is 17.1 Å². The van der Waals surface area contributed by atoms with Gasteiger partial charge in [0.25, 0.3) is 0 Å². The molecule has 3 rings (SSSR count). The molecule has 0 saturated heterocycles. The first-order valence-corrected chi connectivity index (χ1v) is 9.16. The van der Waals surface area contributed by atoms with Gasteiger partial charge in [0, 0.05) is 25.5 Å². The van der Waals surface area contributed by atoms with Gasteiger partial charge in [-0.3, -0.25) is 4.79 Å². The van der Waals surface area contributed by atoms with Gasteiger partial charge in [0.05, 0.1) is 19.9 Å². The Morgan fingerprint density at radius 3 is 2.50 bits per heavy atom. The molecule has 0 radical (unpaired) electrons. The Hall–Kier alpha value is -3.28. The van der Waals surface area contributed by atoms with E-state index in [1.54, 1.807) is 25.3 Å². The van der Waals surface area contributed by atoms with E-state index >= 15 is 0 Å². The highest BCUT2D eigenvalue weighted by Crippen LogP contribution is 2.20. The number of aromatic nitrogens is 1. The van der Waals surface area contributed by atoms with E-state index in [9.17, 15) is 4.79 Å². The number of benzene rings is 2. The number of aryl methyl sites for hydroxylation is 1. The van der Waals surface area contributed by atoms with Gasteiger partial charge in [-0.1, -0.05) is 30.3 Å². The number of hydrogen-bond donors (Lipinski definition) is 0. The van der Waals surface area contributed by atoms with Crippen molar-refractivity contribution in [1.82, 2.24) is 9.88 Å². The molecule has 0 aliphatic carbocycles. The van der Waals surface area contributed by atoms with Crippen LogP contribution in [-0.2, 0) is 11.2 Å². The quantitative estimate of drug-likeness (QED) is 0.565. The van der Waals surface area contributed by atoms with Gasteiger partial charge in [-0.05, 0) is 24.3 Å². The van der Waals surface area contributed by atoms with Crippen molar-refractivity contribution in [3.63, 3.8) is 0 Å². The van der Waals surface area contributed by atoms with Crippen molar-refractivity contribution in [1.29, 1.82) is 0 Å². The predicted molar refractivity (Wildman–Crippen MR) is 106 cm³/mol. The fraction of sp³-hybridized carbons (Fsp3) is 0.273. The standard InChI is InChI=1S/C22H24N2O4/c1-24(14-15-27-19-10-8-18(26-2)9-11-19)22(25)13-12-21-23-16-20(28-21)17-6-4-3-5-7-17/h3-11,16H,12-15H2,1-2H3. The highest BCUT2D eigenvalue weighted by Gasteiger charge is 2.12. The van der Waals surface area contributed by atoms with E-state index in [2.05, 4.69) is 4.98 Å². The Morgan fingerprint density at radius 2 is 1.79 bits per heavy atom. The molecule has 0 saturated carbocycles. The number of methoxy groups -OCH3 is 1. The van der Waals surface area contributed by atoms with E-state index in [1.165, 1.54) is 0 Å². The van der Waals surface area contributed by atoms with Gasteiger partial charge in [-0.15, -0.1) is 0 Å². The molecule has 0 bridgehead atoms. The van der Waals surface area contributed by atoms with E-state index in [0.29, 0.717) is 37.6 Å². The number of carbonyl (C=O) groups excluding carboxylic acids is 1. The summed E-state index contributed by atoms with van der Waals surface area (Å²) in [6, 6.07) is 17.1. The molecule has 0 fully saturated rings. The molecule has 1 aromatic heterocycles. The number of rotatable bonds is 9. The summed E-state index contributed by atoms with van der Waals surface area (Å²) in [6.45, 7) is 0.928. The highest BCUT2D eigenvalue weighted by atomic mass is 16.5. The molecule has 0 spiro atoms. The Kier molecular flexibility index (Phi) is 6.68. The number of nitrogens with zero attached hydrogens (tertiary/aromatic N) is 2. The first-order chi connectivity index (χ1) is 13.7. The van der Waals surface area contributed by atoms with Crippen LogP contribution >= 0.6 is 0 Å². The molecule has 0 unspecified atom stereocenters. The summed E-state index contributed by atoms with van der Waals surface area (Å²) in [4.78, 5) is 18.2. The van der Waals surface area contributed by atoms with Crippen LogP contribution in [0.5, 0.6) is 11.5 Å². The van der Waals surface area contributed by atoms with Crippen LogP contribution in [0.15, 0.2) is 65.2 Å². The van der Waals surface area contributed by atoms with Crippen LogP contribution in [0.2, 0.25) is 0 Å². The second-order valence-electron chi connectivity index (χ2n) is 6.32. The maximum Gasteiger partial charge on any atom is 0.222 e. The van der Waals surface area contributed by atoms with Crippen molar-refractivity contribution in [3.8, 4) is 22.8 Å². The van der Waals surface area contributed by atoms with Gasteiger partial charge in [-0.2, -0.15) is 0 Å². The maximum absolute atomic E-state index is 12.3. The third-order valence-corrected chi connectivity index (χ3v) is 4.35. The average Bonchev–Trinajstić information content (AvgIpc) is 3.22. The lowest BCUT2D eigenvalue weighted by Crippen LogP contribution is -2.31. The maximum atomic E-state index is 12.3. The average molecular weight is 380 g/mol. The topological polar surface area (TPSA) is 64.8 Å². The number of oxazole rings is 1. The second kappa shape index (κ2) is 9.60. The lowest BCUT2D eigenvalue weighted by Gasteiger charge is -2.17. The Morgan fingerprint density at radius 1 is 1.07 bits per heavy atom. The molecule has 2 aromatic carbocycles. The minimum Gasteiger partial charge on any atom is -0.497 e. The second-order valence-corrected chi connectivity index (χ2v) is 6.32. The van der Waals surface area contributed by atoms with Gasteiger partial charge in [-0.25, -0.2) is 4.98 Å². The zero-order valence-electron chi connectivity index (χ0n) is 16.1. The van der Waals surface area contributed by atoms with Crippen molar-refractivity contribution < 1.29 is 18.7 Å². The van der Waals surface area contributed by atoms with Crippen LogP contribution in [0.25, 0.3) is 11.3 Å². The zero-order chi connectivity index (χ0) is 19.8. The van der Waals surface area contributed by atoms with Gasteiger partial charge >= 0.3 is 0 Å². The van der Waals surface area contributed by atoms with Gasteiger partial charge in [0.2, 0.25) is 5.91 Å². The molecule has 3 aromatic rings. The summed E-state index contributed by atoms with van der Waals surface area (Å²) in [5.41, 5.74) is 0.973. The van der Waals surface area contributed by atoms with Gasteiger partial charge in [0.1, 0.15) is 18.1 Å². The van der Waals surface area contributed by atoms with Crippen LogP contribution in [0, 0.1) is 0 Å². The molecule has 0 aliphatic heterocycles. The summed E-state index contributed by atoms with van der Waals surface area (Å²) in [7, 11) is 3.39. The molecule has 28 heavy (non-hydrogen) atoms. The summed E-state index contributed by atoms with van der Waals surface area (Å²) in [5, 5.41) is 0. The van der Waals surface area contributed by atoms with Gasteiger partial charge < -0.3 is 18.8 Å². The van der Waals surface area contributed by atoms with Crippen LogP contribution < -0.4 is 9.47 Å². The molecule has 0 N–H and O–H groups in total. The third-order valence-electron chi connectivity index (χ3n) is 4.35. The van der Waals surface area contributed by atoms with Crippen molar-refractivity contribution in [3.05, 3.63) is 66.7 Å². The Balaban J connectivity index is 1.41. The van der Waals surface area contributed by atoms with Crippen molar-refractivity contribution >= 4 is 5.91 Å². The lowest BCUT2D eigenvalue weighted by atomic mass is 10.2. The largest absolute Gasteiger partial charge is 0.497 e. The third kappa shape index (κ3) is 5.36. The number of likely N-dealkylation sites (N-methyl/N-ethyl adjacent to an activating group) is 1. The van der Waals surface area contributed by atoms with E-state index < -0.39 is 0 Å². The van der Waals surface area contributed by atoms with Crippen LogP contribution in [0.1, 0.15) is 12.3 Å². The zero-order valence-corrected chi connectivity index (χ0v) is 16.1. The summed E-state index contributed by atoms with van der Waals surface area (Å²) in [6.07, 6.45) is 2.50. The molecule has 6 heteroatoms. The number of amides is 1. The molecular formula is C22H24N2O4. The smallest absolute Gasteiger partial charge is 0.222 e. The van der Waals surface area contributed by atoms with E-state index in [1.807, 2.05) is 54.6 Å². The SMILES string of the molecule is COc1ccc(OCCN(C)C(=O)CCc2ncc(-c3ccccc3)o2)cc1. The fourth-order valence-corrected chi connectivity index (χ4v) is 2.66. The number of carbonyl (C=O) groups is 1. The van der Waals surface area contributed by atoms with Crippen molar-refractivity contribution in [2.45, 2.75) is 12.8 Å². The molecule has 6 nitrogen and oxygen atoms in total. The molecule has 0 aliphatic rings. The summed E-state index contributed by atoms with van der Waals surface area (Å²) < 4.78 is 16.5. The molecular weight excluding hydrogens is 356 g/mol. The molecule has 0 atom stereocenters. The first kappa shape index (κ1) is 19.5. The lowest BCUT2D eigenvalue weighted by molar-refractivity contribution is -0.130. The van der Waals surface area contributed by atoms with E-state index in [-0.39, 0.29) is 5.91 Å². The van der Waals surface area contributed by atoms with Crippen LogP contribution in [-0.4, -0.2) is 43.1 Å². The number of hydrogen-bond acceptors (Lipinski definition) is 5. The Labute approximate surface area is 164 Å². The molecule has 1 heterocycles. The minimum absolute atomic E-state index is 0.0257. The molecule has 146 valence electrons. The van der Waals surface area contributed by atoms with Gasteiger partial charge in [0.15, 0.2) is 11.7 Å². The van der Waals surface area contributed by atoms with Crippen LogP contribution in [0.4, 0.5) is 0 Å². The van der Waals surface area contributed by atoms with Crippen molar-refractivity contribution in [2.24, 2.45) is 0 Å². The summed E-state index contributed by atoms with van der Waals surface area (Å²) in [5.74, 6) is 2.83. The highest BCUT2D eigenvalue weighted by molar-refractivity contribution is 5.76. The van der Waals surface area contributed by atoms with E-state index in [4.69, 9.17) is 13.9 Å². The predicted octanol–water partition coefficient (Wildman–Crippen LogP) is 3.82. The monoisotopic (exact) mass is 380 g/mol.